The van der Waals surface area contributed by atoms with E-state index in [0.29, 0.717) is 6.10 Å². The molecule has 0 heterocycles. The number of hydrogen-bond donors (Lipinski definition) is 1. The molecular weight excluding hydrogens is 222 g/mol. The van der Waals surface area contributed by atoms with Crippen LogP contribution in [0.5, 0.6) is 0 Å². The summed E-state index contributed by atoms with van der Waals surface area (Å²) in [5.41, 5.74) is 2.65. The normalized spacial score (nSPS) is 16.3. The van der Waals surface area contributed by atoms with Crippen LogP contribution in [0.3, 0.4) is 0 Å². The quantitative estimate of drug-likeness (QED) is 0.743. The van der Waals surface area contributed by atoms with Gasteiger partial charge in [0.15, 0.2) is 0 Å². The topological polar surface area (TPSA) is 21.3 Å². The van der Waals surface area contributed by atoms with Crippen LogP contribution in [-0.4, -0.2) is 12.6 Å². The first-order valence-corrected chi connectivity index (χ1v) is 7.28. The van der Waals surface area contributed by atoms with Gasteiger partial charge >= 0.3 is 0 Å². The molecule has 1 N–H and O–H groups in total. The first kappa shape index (κ1) is 13.6. The molecule has 1 fully saturated rings. The van der Waals surface area contributed by atoms with E-state index in [1.807, 2.05) is 0 Å². The van der Waals surface area contributed by atoms with Gasteiger partial charge in [0.25, 0.3) is 0 Å². The number of nitrogens with one attached hydrogen (secondary N) is 1. The van der Waals surface area contributed by atoms with Gasteiger partial charge in [-0.25, -0.2) is 0 Å². The van der Waals surface area contributed by atoms with Crippen molar-refractivity contribution in [1.82, 2.24) is 5.32 Å². The number of rotatable bonds is 7. The second-order valence-electron chi connectivity index (χ2n) is 5.21. The third-order valence-electron chi connectivity index (χ3n) is 3.57. The van der Waals surface area contributed by atoms with E-state index in [2.05, 4.69) is 36.5 Å². The fourth-order valence-corrected chi connectivity index (χ4v) is 2.43. The highest BCUT2D eigenvalue weighted by molar-refractivity contribution is 5.21. The summed E-state index contributed by atoms with van der Waals surface area (Å²) in [5.74, 6) is 0. The Morgan fingerprint density at radius 2 is 1.78 bits per heavy atom. The summed E-state index contributed by atoms with van der Waals surface area (Å²) < 4.78 is 5.91. The smallest absolute Gasteiger partial charge is 0.0720 e. The predicted molar refractivity (Wildman–Crippen MR) is 75.5 cm³/mol. The molecule has 0 saturated heterocycles. The van der Waals surface area contributed by atoms with Crippen LogP contribution < -0.4 is 5.32 Å². The predicted octanol–water partition coefficient (Wildman–Crippen LogP) is 3.65. The van der Waals surface area contributed by atoms with Crippen LogP contribution in [0.2, 0.25) is 0 Å². The molecule has 0 aliphatic heterocycles. The van der Waals surface area contributed by atoms with Gasteiger partial charge in [-0.1, -0.05) is 44.0 Å². The molecule has 18 heavy (non-hydrogen) atoms. The van der Waals surface area contributed by atoms with Crippen molar-refractivity contribution in [3.8, 4) is 0 Å². The van der Waals surface area contributed by atoms with E-state index in [1.165, 1.54) is 43.2 Å². The van der Waals surface area contributed by atoms with Crippen molar-refractivity contribution in [2.45, 2.75) is 58.3 Å². The van der Waals surface area contributed by atoms with Gasteiger partial charge in [-0.05, 0) is 36.9 Å². The molecule has 0 atom stereocenters. The summed E-state index contributed by atoms with van der Waals surface area (Å²) in [7, 11) is 0. The molecule has 1 aliphatic rings. The van der Waals surface area contributed by atoms with Crippen molar-refractivity contribution < 1.29 is 4.74 Å². The van der Waals surface area contributed by atoms with E-state index in [1.54, 1.807) is 0 Å². The van der Waals surface area contributed by atoms with Crippen LogP contribution in [0, 0.1) is 0 Å². The summed E-state index contributed by atoms with van der Waals surface area (Å²) in [6.07, 6.45) is 6.88. The van der Waals surface area contributed by atoms with Crippen LogP contribution in [-0.2, 0) is 17.9 Å². The van der Waals surface area contributed by atoms with Crippen LogP contribution in [0.15, 0.2) is 24.3 Å². The van der Waals surface area contributed by atoms with Gasteiger partial charge in [0.05, 0.1) is 12.7 Å². The Morgan fingerprint density at radius 1 is 1.11 bits per heavy atom. The average molecular weight is 247 g/mol. The standard InChI is InChI=1S/C16H25NO/c1-2-11-17-12-14-7-9-15(10-8-14)13-18-16-5-3-4-6-16/h7-10,16-17H,2-6,11-13H2,1H3. The van der Waals surface area contributed by atoms with Crippen molar-refractivity contribution >= 4 is 0 Å². The molecular formula is C16H25NO. The summed E-state index contributed by atoms with van der Waals surface area (Å²) in [4.78, 5) is 0. The van der Waals surface area contributed by atoms with Gasteiger partial charge < -0.3 is 10.1 Å². The van der Waals surface area contributed by atoms with Gasteiger partial charge in [0.2, 0.25) is 0 Å². The molecule has 2 rings (SSSR count). The lowest BCUT2D eigenvalue weighted by Crippen LogP contribution is -2.13. The minimum Gasteiger partial charge on any atom is -0.374 e. The molecule has 0 amide bonds. The first-order valence-electron chi connectivity index (χ1n) is 7.28. The Hall–Kier alpha value is -0.860. The van der Waals surface area contributed by atoms with Crippen LogP contribution >= 0.6 is 0 Å². The Morgan fingerprint density at radius 3 is 2.44 bits per heavy atom. The highest BCUT2D eigenvalue weighted by Crippen LogP contribution is 2.22. The SMILES string of the molecule is CCCNCc1ccc(COC2CCCC2)cc1. The maximum absolute atomic E-state index is 5.91. The zero-order chi connectivity index (χ0) is 12.6. The van der Waals surface area contributed by atoms with Crippen molar-refractivity contribution in [2.24, 2.45) is 0 Å². The highest BCUT2D eigenvalue weighted by atomic mass is 16.5. The highest BCUT2D eigenvalue weighted by Gasteiger charge is 2.14. The molecule has 0 aromatic heterocycles. The van der Waals surface area contributed by atoms with E-state index < -0.39 is 0 Å². The summed E-state index contributed by atoms with van der Waals surface area (Å²) in [6, 6.07) is 8.79. The van der Waals surface area contributed by atoms with Crippen LogP contribution in [0.25, 0.3) is 0 Å². The molecule has 0 radical (unpaired) electrons. The lowest BCUT2D eigenvalue weighted by molar-refractivity contribution is 0.0457. The zero-order valence-corrected chi connectivity index (χ0v) is 11.5. The minimum absolute atomic E-state index is 0.510. The number of benzene rings is 1. The second-order valence-corrected chi connectivity index (χ2v) is 5.21. The summed E-state index contributed by atoms with van der Waals surface area (Å²) in [5, 5.41) is 3.42. The Labute approximate surface area is 111 Å². The molecule has 0 spiro atoms. The van der Waals surface area contributed by atoms with Gasteiger partial charge in [0.1, 0.15) is 0 Å². The Balaban J connectivity index is 1.72. The van der Waals surface area contributed by atoms with E-state index in [0.717, 1.165) is 19.7 Å². The molecule has 2 nitrogen and oxygen atoms in total. The van der Waals surface area contributed by atoms with Crippen molar-refractivity contribution in [3.05, 3.63) is 35.4 Å². The average Bonchev–Trinajstić information content (AvgIpc) is 2.91. The van der Waals surface area contributed by atoms with Crippen molar-refractivity contribution in [3.63, 3.8) is 0 Å². The van der Waals surface area contributed by atoms with E-state index in [-0.39, 0.29) is 0 Å². The zero-order valence-electron chi connectivity index (χ0n) is 11.5. The molecule has 1 aromatic carbocycles. The minimum atomic E-state index is 0.510. The lowest BCUT2D eigenvalue weighted by atomic mass is 10.1. The third-order valence-corrected chi connectivity index (χ3v) is 3.57. The molecule has 0 bridgehead atoms. The molecule has 2 heteroatoms. The maximum atomic E-state index is 5.91. The van der Waals surface area contributed by atoms with E-state index in [4.69, 9.17) is 4.74 Å². The molecule has 1 aliphatic carbocycles. The van der Waals surface area contributed by atoms with E-state index in [9.17, 15) is 0 Å². The van der Waals surface area contributed by atoms with Gasteiger partial charge in [-0.15, -0.1) is 0 Å². The van der Waals surface area contributed by atoms with E-state index >= 15 is 0 Å². The van der Waals surface area contributed by atoms with Crippen molar-refractivity contribution in [2.75, 3.05) is 6.54 Å². The second kappa shape index (κ2) is 7.55. The number of ether oxygens (including phenoxy) is 1. The van der Waals surface area contributed by atoms with Crippen LogP contribution in [0.4, 0.5) is 0 Å². The maximum Gasteiger partial charge on any atom is 0.0720 e. The molecule has 100 valence electrons. The first-order chi connectivity index (χ1) is 8.88. The number of hydrogen-bond acceptors (Lipinski definition) is 2. The van der Waals surface area contributed by atoms with Gasteiger partial charge in [-0.3, -0.25) is 0 Å². The monoisotopic (exact) mass is 247 g/mol. The molecule has 1 saturated carbocycles. The fourth-order valence-electron chi connectivity index (χ4n) is 2.43. The fraction of sp³-hybridized carbons (Fsp3) is 0.625. The van der Waals surface area contributed by atoms with Gasteiger partial charge in [0, 0.05) is 6.54 Å². The largest absolute Gasteiger partial charge is 0.374 e. The molecule has 0 unspecified atom stereocenters. The Bertz CT molecular complexity index is 327. The molecule has 1 aromatic rings. The Kier molecular flexibility index (Phi) is 5.69. The summed E-state index contributed by atoms with van der Waals surface area (Å²) in [6.45, 7) is 5.02. The lowest BCUT2D eigenvalue weighted by Gasteiger charge is -2.11. The third kappa shape index (κ3) is 4.43. The van der Waals surface area contributed by atoms with Gasteiger partial charge in [-0.2, -0.15) is 0 Å². The van der Waals surface area contributed by atoms with Crippen molar-refractivity contribution in [1.29, 1.82) is 0 Å². The van der Waals surface area contributed by atoms with Crippen LogP contribution in [0.1, 0.15) is 50.2 Å². The summed E-state index contributed by atoms with van der Waals surface area (Å²) >= 11 is 0.